The molecule has 0 bridgehead atoms. The first kappa shape index (κ1) is 16.4. The molecule has 2 aliphatic heterocycles. The number of carbonyl (C=O) groups excluding carboxylic acids is 5. The molecule has 1 unspecified atom stereocenters. The van der Waals surface area contributed by atoms with Crippen LogP contribution >= 0.6 is 0 Å². The molecular weight excluding hydrogens is 338 g/mol. The van der Waals surface area contributed by atoms with E-state index < -0.39 is 23.8 Å². The van der Waals surface area contributed by atoms with Gasteiger partial charge in [0.1, 0.15) is 6.04 Å². The van der Waals surface area contributed by atoms with Gasteiger partial charge in [-0.05, 0) is 30.9 Å². The molecule has 1 aromatic carbocycles. The minimum absolute atomic E-state index is 0.119. The van der Waals surface area contributed by atoms with Crippen molar-refractivity contribution in [3.8, 4) is 0 Å². The summed E-state index contributed by atoms with van der Waals surface area (Å²) in [4.78, 5) is 62.0. The summed E-state index contributed by atoms with van der Waals surface area (Å²) in [5.74, 6) is -2.32. The highest BCUT2D eigenvalue weighted by Crippen LogP contribution is 2.31. The Morgan fingerprint density at radius 1 is 1.12 bits per heavy atom. The number of nitrogens with zero attached hydrogens (tertiary/aromatic N) is 1. The molecule has 4 rings (SSSR count). The number of carbonyl (C=O) groups is 5. The Labute approximate surface area is 148 Å². The number of benzene rings is 1. The molecule has 2 N–H and O–H groups in total. The van der Waals surface area contributed by atoms with Gasteiger partial charge in [-0.2, -0.15) is 0 Å². The third kappa shape index (κ3) is 2.77. The Morgan fingerprint density at radius 2 is 1.88 bits per heavy atom. The molecule has 134 valence electrons. The van der Waals surface area contributed by atoms with Crippen LogP contribution in [-0.2, 0) is 20.9 Å². The molecule has 2 heterocycles. The van der Waals surface area contributed by atoms with Gasteiger partial charge in [0.05, 0.1) is 11.1 Å². The van der Waals surface area contributed by atoms with Gasteiger partial charge in [-0.1, -0.05) is 12.1 Å². The van der Waals surface area contributed by atoms with Crippen molar-refractivity contribution in [2.75, 3.05) is 0 Å². The van der Waals surface area contributed by atoms with Crippen molar-refractivity contribution in [3.05, 3.63) is 34.9 Å². The summed E-state index contributed by atoms with van der Waals surface area (Å²) in [7, 11) is 0. The van der Waals surface area contributed by atoms with Crippen LogP contribution in [0, 0.1) is 5.92 Å². The summed E-state index contributed by atoms with van der Waals surface area (Å²) in [5, 5.41) is 4.59. The minimum atomic E-state index is -0.739. The van der Waals surface area contributed by atoms with E-state index in [1.165, 1.54) is 11.0 Å². The summed E-state index contributed by atoms with van der Waals surface area (Å²) < 4.78 is 0. The number of fused-ring (bicyclic) bond motifs is 1. The van der Waals surface area contributed by atoms with Crippen LogP contribution in [-0.4, -0.2) is 40.5 Å². The lowest BCUT2D eigenvalue weighted by Gasteiger charge is -2.29. The number of amides is 5. The first-order valence-corrected chi connectivity index (χ1v) is 8.57. The van der Waals surface area contributed by atoms with Gasteiger partial charge in [0.15, 0.2) is 0 Å². The van der Waals surface area contributed by atoms with E-state index >= 15 is 0 Å². The molecule has 1 saturated carbocycles. The molecule has 8 nitrogen and oxygen atoms in total. The second-order valence-corrected chi connectivity index (χ2v) is 6.83. The fraction of sp³-hybridized carbons (Fsp3) is 0.389. The largest absolute Gasteiger partial charge is 0.322 e. The maximum atomic E-state index is 12.9. The van der Waals surface area contributed by atoms with Crippen LogP contribution in [0.1, 0.15) is 52.0 Å². The topological polar surface area (TPSA) is 113 Å². The lowest BCUT2D eigenvalue weighted by atomic mass is 10.0. The molecule has 8 heteroatoms. The standard InChI is InChI=1S/C18H17N3O5/c22-13-7-6-12(17(25)19-13)21-8-10-2-1-3-11(14(10)18(21)26)16(24)20-15(23)9-4-5-9/h1-3,9,12H,4-8H2,(H,19,22,25)(H,20,23,24). The molecular formula is C18H17N3O5. The SMILES string of the molecule is O=C1CCC(N2Cc3cccc(C(=O)NC(=O)C4CC4)c3C2=O)C(=O)N1. The Kier molecular flexibility index (Phi) is 3.82. The second kappa shape index (κ2) is 6.05. The maximum Gasteiger partial charge on any atom is 0.258 e. The summed E-state index contributed by atoms with van der Waals surface area (Å²) in [5.41, 5.74) is 0.987. The molecule has 0 aromatic heterocycles. The van der Waals surface area contributed by atoms with Crippen LogP contribution in [0.15, 0.2) is 18.2 Å². The first-order valence-electron chi connectivity index (χ1n) is 8.57. The Bertz CT molecular complexity index is 858. The van der Waals surface area contributed by atoms with Gasteiger partial charge in [0.25, 0.3) is 11.8 Å². The molecule has 1 saturated heterocycles. The predicted molar refractivity (Wildman–Crippen MR) is 87.7 cm³/mol. The van der Waals surface area contributed by atoms with Gasteiger partial charge in [0, 0.05) is 18.9 Å². The van der Waals surface area contributed by atoms with E-state index in [4.69, 9.17) is 0 Å². The molecule has 1 atom stereocenters. The van der Waals surface area contributed by atoms with E-state index in [1.807, 2.05) is 0 Å². The van der Waals surface area contributed by atoms with E-state index in [2.05, 4.69) is 10.6 Å². The smallest absolute Gasteiger partial charge is 0.258 e. The highest BCUT2D eigenvalue weighted by molar-refractivity contribution is 6.14. The van der Waals surface area contributed by atoms with Gasteiger partial charge < -0.3 is 4.90 Å². The summed E-state index contributed by atoms with van der Waals surface area (Å²) in [6.45, 7) is 0.193. The van der Waals surface area contributed by atoms with Gasteiger partial charge in [-0.15, -0.1) is 0 Å². The van der Waals surface area contributed by atoms with Crippen LogP contribution in [0.5, 0.6) is 0 Å². The van der Waals surface area contributed by atoms with Crippen molar-refractivity contribution in [1.82, 2.24) is 15.5 Å². The van der Waals surface area contributed by atoms with Crippen LogP contribution in [0.2, 0.25) is 0 Å². The summed E-state index contributed by atoms with van der Waals surface area (Å²) in [6, 6.07) is 4.13. The number of piperidine rings is 1. The highest BCUT2D eigenvalue weighted by atomic mass is 16.2. The van der Waals surface area contributed by atoms with E-state index in [0.29, 0.717) is 5.56 Å². The lowest BCUT2D eigenvalue weighted by molar-refractivity contribution is -0.137. The Balaban J connectivity index is 1.58. The first-order chi connectivity index (χ1) is 12.5. The quantitative estimate of drug-likeness (QED) is 0.748. The van der Waals surface area contributed by atoms with E-state index in [0.717, 1.165) is 12.8 Å². The average Bonchev–Trinajstić information content (AvgIpc) is 3.40. The third-order valence-electron chi connectivity index (χ3n) is 4.98. The minimum Gasteiger partial charge on any atom is -0.322 e. The molecule has 1 aromatic rings. The zero-order chi connectivity index (χ0) is 18.4. The average molecular weight is 355 g/mol. The van der Waals surface area contributed by atoms with Crippen molar-refractivity contribution >= 4 is 29.5 Å². The van der Waals surface area contributed by atoms with Crippen molar-refractivity contribution in [2.24, 2.45) is 5.92 Å². The van der Waals surface area contributed by atoms with Crippen LogP contribution in [0.3, 0.4) is 0 Å². The van der Waals surface area contributed by atoms with E-state index in [-0.39, 0.29) is 48.2 Å². The molecule has 5 amide bonds. The molecule has 1 aliphatic carbocycles. The number of hydrogen-bond donors (Lipinski definition) is 2. The second-order valence-electron chi connectivity index (χ2n) is 6.83. The highest BCUT2D eigenvalue weighted by Gasteiger charge is 2.41. The number of nitrogens with one attached hydrogen (secondary N) is 2. The Morgan fingerprint density at radius 3 is 2.58 bits per heavy atom. The molecule has 0 radical (unpaired) electrons. The summed E-state index contributed by atoms with van der Waals surface area (Å²) in [6.07, 6.45) is 1.97. The number of imide groups is 2. The number of rotatable bonds is 3. The van der Waals surface area contributed by atoms with Gasteiger partial charge >= 0.3 is 0 Å². The number of hydrogen-bond acceptors (Lipinski definition) is 5. The summed E-state index contributed by atoms with van der Waals surface area (Å²) >= 11 is 0. The Hall–Kier alpha value is -3.03. The van der Waals surface area contributed by atoms with Crippen molar-refractivity contribution in [3.63, 3.8) is 0 Å². The molecule has 2 fully saturated rings. The maximum absolute atomic E-state index is 12.9. The third-order valence-corrected chi connectivity index (χ3v) is 4.98. The lowest BCUT2D eigenvalue weighted by Crippen LogP contribution is -2.52. The monoisotopic (exact) mass is 355 g/mol. The predicted octanol–water partition coefficient (Wildman–Crippen LogP) is 0.114. The van der Waals surface area contributed by atoms with Gasteiger partial charge in [-0.25, -0.2) is 0 Å². The van der Waals surface area contributed by atoms with Crippen LogP contribution in [0.25, 0.3) is 0 Å². The fourth-order valence-electron chi connectivity index (χ4n) is 3.43. The van der Waals surface area contributed by atoms with Gasteiger partial charge in [-0.3, -0.25) is 34.6 Å². The normalized spacial score (nSPS) is 22.1. The van der Waals surface area contributed by atoms with Crippen molar-refractivity contribution < 1.29 is 24.0 Å². The van der Waals surface area contributed by atoms with Crippen molar-refractivity contribution in [2.45, 2.75) is 38.3 Å². The van der Waals surface area contributed by atoms with E-state index in [9.17, 15) is 24.0 Å². The molecule has 26 heavy (non-hydrogen) atoms. The molecule has 3 aliphatic rings. The van der Waals surface area contributed by atoms with Crippen LogP contribution < -0.4 is 10.6 Å². The van der Waals surface area contributed by atoms with Crippen LogP contribution in [0.4, 0.5) is 0 Å². The van der Waals surface area contributed by atoms with Gasteiger partial charge in [0.2, 0.25) is 17.7 Å². The zero-order valence-electron chi connectivity index (χ0n) is 13.9. The van der Waals surface area contributed by atoms with Crippen molar-refractivity contribution in [1.29, 1.82) is 0 Å². The zero-order valence-corrected chi connectivity index (χ0v) is 13.9. The van der Waals surface area contributed by atoms with E-state index in [1.54, 1.807) is 12.1 Å². The molecule has 0 spiro atoms. The fourth-order valence-corrected chi connectivity index (χ4v) is 3.43.